The van der Waals surface area contributed by atoms with Gasteiger partial charge in [0.25, 0.3) is 0 Å². The van der Waals surface area contributed by atoms with Crippen molar-refractivity contribution in [3.05, 3.63) is 52.4 Å². The normalized spacial score (nSPS) is 12.9. The first-order valence-electron chi connectivity index (χ1n) is 9.63. The minimum Gasteiger partial charge on any atom is -0.361 e. The maximum Gasteiger partial charge on any atom is 0.191 e. The molecule has 0 aliphatic heterocycles. The van der Waals surface area contributed by atoms with Crippen molar-refractivity contribution in [1.29, 1.82) is 0 Å². The molecule has 0 bridgehead atoms. The molecular weight excluding hydrogens is 324 g/mol. The van der Waals surface area contributed by atoms with Crippen LogP contribution in [-0.2, 0) is 19.4 Å². The molecule has 26 heavy (non-hydrogen) atoms. The maximum absolute atomic E-state index is 5.44. The molecule has 0 spiro atoms. The molecular formula is C21H32N4O. The van der Waals surface area contributed by atoms with Crippen LogP contribution in [0.4, 0.5) is 0 Å². The lowest BCUT2D eigenvalue weighted by Gasteiger charge is -2.16. The van der Waals surface area contributed by atoms with E-state index in [4.69, 9.17) is 9.52 Å². The van der Waals surface area contributed by atoms with Crippen molar-refractivity contribution in [2.24, 2.45) is 4.99 Å². The average molecular weight is 357 g/mol. The lowest BCUT2D eigenvalue weighted by molar-refractivity contribution is 0.380. The summed E-state index contributed by atoms with van der Waals surface area (Å²) in [6, 6.07) is 8.67. The zero-order valence-electron chi connectivity index (χ0n) is 16.7. The van der Waals surface area contributed by atoms with E-state index in [0.717, 1.165) is 48.9 Å². The molecule has 5 nitrogen and oxygen atoms in total. The number of aryl methyl sites for hydroxylation is 3. The Balaban J connectivity index is 2.04. The Labute approximate surface area is 157 Å². The number of aromatic nitrogens is 1. The van der Waals surface area contributed by atoms with Gasteiger partial charge in [-0.05, 0) is 31.7 Å². The van der Waals surface area contributed by atoms with Crippen LogP contribution in [0.15, 0.2) is 33.8 Å². The van der Waals surface area contributed by atoms with E-state index >= 15 is 0 Å². The number of benzene rings is 1. The van der Waals surface area contributed by atoms with Crippen molar-refractivity contribution in [3.63, 3.8) is 0 Å². The highest BCUT2D eigenvalue weighted by Gasteiger charge is 2.13. The lowest BCUT2D eigenvalue weighted by Crippen LogP contribution is -2.39. The fourth-order valence-corrected chi connectivity index (χ4v) is 2.96. The molecule has 0 fully saturated rings. The first-order chi connectivity index (χ1) is 12.6. The topological polar surface area (TPSA) is 62.5 Å². The molecule has 0 radical (unpaired) electrons. The highest BCUT2D eigenvalue weighted by atomic mass is 16.5. The summed E-state index contributed by atoms with van der Waals surface area (Å²) in [4.78, 5) is 4.75. The number of rotatable bonds is 8. The van der Waals surface area contributed by atoms with Crippen LogP contribution in [0.5, 0.6) is 0 Å². The maximum atomic E-state index is 5.44. The third-order valence-corrected chi connectivity index (χ3v) is 4.53. The van der Waals surface area contributed by atoms with Gasteiger partial charge in [0.2, 0.25) is 0 Å². The van der Waals surface area contributed by atoms with Gasteiger partial charge < -0.3 is 15.2 Å². The Kier molecular flexibility index (Phi) is 7.70. The molecule has 2 aromatic rings. The van der Waals surface area contributed by atoms with Gasteiger partial charge in [-0.1, -0.05) is 55.8 Å². The summed E-state index contributed by atoms with van der Waals surface area (Å²) in [5.41, 5.74) is 4.77. The molecule has 1 unspecified atom stereocenters. The molecule has 2 N–H and O–H groups in total. The summed E-state index contributed by atoms with van der Waals surface area (Å²) in [5, 5.41) is 11.0. The first-order valence-corrected chi connectivity index (χ1v) is 9.63. The summed E-state index contributed by atoms with van der Waals surface area (Å²) in [6.45, 7) is 12.9. The van der Waals surface area contributed by atoms with Crippen molar-refractivity contribution in [2.45, 2.75) is 59.9 Å². The van der Waals surface area contributed by atoms with Crippen LogP contribution in [0.1, 0.15) is 61.8 Å². The van der Waals surface area contributed by atoms with E-state index in [1.165, 1.54) is 11.1 Å². The van der Waals surface area contributed by atoms with Gasteiger partial charge in [0.1, 0.15) is 5.76 Å². The van der Waals surface area contributed by atoms with Gasteiger partial charge in [-0.2, -0.15) is 0 Å². The van der Waals surface area contributed by atoms with Gasteiger partial charge in [-0.15, -0.1) is 0 Å². The van der Waals surface area contributed by atoms with Gasteiger partial charge >= 0.3 is 0 Å². The molecule has 0 aliphatic rings. The summed E-state index contributed by atoms with van der Waals surface area (Å²) in [5.74, 6) is 2.18. The highest BCUT2D eigenvalue weighted by molar-refractivity contribution is 5.79. The third-order valence-electron chi connectivity index (χ3n) is 4.53. The Hall–Kier alpha value is -2.30. The van der Waals surface area contributed by atoms with Crippen LogP contribution in [0, 0.1) is 6.92 Å². The number of aliphatic imine (C=N–C) groups is 1. The average Bonchev–Trinajstić information content (AvgIpc) is 3.05. The molecule has 2 rings (SSSR count). The zero-order chi connectivity index (χ0) is 18.9. The van der Waals surface area contributed by atoms with E-state index in [1.807, 2.05) is 0 Å². The standard InChI is InChI=1S/C21H32N4O/c1-6-19-18(20(7-2)26-25-19)14-24-21(22-8-3)23-13-16(5)17-11-9-10-15(4)12-17/h9-12,16H,6-8,13-14H2,1-5H3,(H2,22,23,24). The molecule has 142 valence electrons. The van der Waals surface area contributed by atoms with Crippen LogP contribution >= 0.6 is 0 Å². The van der Waals surface area contributed by atoms with Crippen LogP contribution in [0.2, 0.25) is 0 Å². The van der Waals surface area contributed by atoms with E-state index in [9.17, 15) is 0 Å². The molecule has 0 saturated heterocycles. The monoisotopic (exact) mass is 356 g/mol. The van der Waals surface area contributed by atoms with E-state index < -0.39 is 0 Å². The predicted molar refractivity (Wildman–Crippen MR) is 108 cm³/mol. The van der Waals surface area contributed by atoms with Gasteiger partial charge in [0.15, 0.2) is 5.96 Å². The fourth-order valence-electron chi connectivity index (χ4n) is 2.96. The summed E-state index contributed by atoms with van der Waals surface area (Å²) >= 11 is 0. The van der Waals surface area contributed by atoms with Crippen LogP contribution in [0.25, 0.3) is 0 Å². The van der Waals surface area contributed by atoms with Crippen molar-refractivity contribution in [3.8, 4) is 0 Å². The van der Waals surface area contributed by atoms with Crippen LogP contribution < -0.4 is 10.6 Å². The number of nitrogens with zero attached hydrogens (tertiary/aromatic N) is 2. The highest BCUT2D eigenvalue weighted by Crippen LogP contribution is 2.17. The Bertz CT molecular complexity index is 699. The number of hydrogen-bond acceptors (Lipinski definition) is 3. The molecule has 1 aromatic carbocycles. The van der Waals surface area contributed by atoms with Gasteiger partial charge in [-0.3, -0.25) is 0 Å². The van der Waals surface area contributed by atoms with E-state index in [1.54, 1.807) is 0 Å². The van der Waals surface area contributed by atoms with E-state index in [-0.39, 0.29) is 0 Å². The SMILES string of the molecule is CCNC(=NCc1c(CC)noc1CC)NCC(C)c1cccc(C)c1. The summed E-state index contributed by atoms with van der Waals surface area (Å²) in [7, 11) is 0. The molecule has 0 amide bonds. The number of nitrogens with one attached hydrogen (secondary N) is 2. The molecule has 0 aliphatic carbocycles. The van der Waals surface area contributed by atoms with Gasteiger partial charge in [0, 0.05) is 25.1 Å². The minimum atomic E-state index is 0.409. The number of guanidine groups is 1. The van der Waals surface area contributed by atoms with Crippen molar-refractivity contribution in [1.82, 2.24) is 15.8 Å². The molecule has 5 heteroatoms. The largest absolute Gasteiger partial charge is 0.361 e. The second-order valence-electron chi connectivity index (χ2n) is 6.63. The van der Waals surface area contributed by atoms with Crippen molar-refractivity contribution < 1.29 is 4.52 Å². The summed E-state index contributed by atoms with van der Waals surface area (Å²) in [6.07, 6.45) is 1.70. The third kappa shape index (κ3) is 5.35. The molecule has 1 heterocycles. The zero-order valence-corrected chi connectivity index (χ0v) is 16.7. The smallest absolute Gasteiger partial charge is 0.191 e. The molecule has 0 saturated carbocycles. The van der Waals surface area contributed by atoms with E-state index in [2.05, 4.69) is 74.7 Å². The molecule has 1 atom stereocenters. The Morgan fingerprint density at radius 3 is 2.65 bits per heavy atom. The Morgan fingerprint density at radius 2 is 2.00 bits per heavy atom. The minimum absolute atomic E-state index is 0.409. The lowest BCUT2D eigenvalue weighted by atomic mass is 9.99. The second kappa shape index (κ2) is 10.00. The van der Waals surface area contributed by atoms with Crippen LogP contribution in [-0.4, -0.2) is 24.2 Å². The molecule has 1 aromatic heterocycles. The summed E-state index contributed by atoms with van der Waals surface area (Å²) < 4.78 is 5.44. The Morgan fingerprint density at radius 1 is 1.19 bits per heavy atom. The van der Waals surface area contributed by atoms with Crippen molar-refractivity contribution >= 4 is 5.96 Å². The first kappa shape index (κ1) is 20.0. The van der Waals surface area contributed by atoms with Crippen LogP contribution in [0.3, 0.4) is 0 Å². The number of hydrogen-bond donors (Lipinski definition) is 2. The second-order valence-corrected chi connectivity index (χ2v) is 6.63. The fraction of sp³-hybridized carbons (Fsp3) is 0.524. The quantitative estimate of drug-likeness (QED) is 0.555. The predicted octanol–water partition coefficient (Wildman–Crippen LogP) is 3.97. The van der Waals surface area contributed by atoms with Gasteiger partial charge in [-0.25, -0.2) is 4.99 Å². The van der Waals surface area contributed by atoms with Gasteiger partial charge in [0.05, 0.1) is 12.2 Å². The van der Waals surface area contributed by atoms with Crippen molar-refractivity contribution in [2.75, 3.05) is 13.1 Å². The van der Waals surface area contributed by atoms with E-state index in [0.29, 0.717) is 12.5 Å².